The highest BCUT2D eigenvalue weighted by Crippen LogP contribution is 2.35. The van der Waals surface area contributed by atoms with Crippen LogP contribution in [0.1, 0.15) is 15.9 Å². The predicted molar refractivity (Wildman–Crippen MR) is 104 cm³/mol. The van der Waals surface area contributed by atoms with E-state index in [0.717, 1.165) is 10.6 Å². The molecular formula is C19H16FN3O4S. The van der Waals surface area contributed by atoms with E-state index in [-0.39, 0.29) is 28.4 Å². The Morgan fingerprint density at radius 3 is 2.50 bits per heavy atom. The Hall–Kier alpha value is -3.38. The lowest BCUT2D eigenvalue weighted by Crippen LogP contribution is -2.26. The number of anilines is 1. The number of pyridine rings is 1. The molecule has 0 radical (unpaired) electrons. The van der Waals surface area contributed by atoms with Crippen LogP contribution >= 0.6 is 0 Å². The van der Waals surface area contributed by atoms with Crippen LogP contribution in [0.5, 0.6) is 0 Å². The summed E-state index contributed by atoms with van der Waals surface area (Å²) in [4.78, 5) is 16.7. The van der Waals surface area contributed by atoms with Gasteiger partial charge in [-0.15, -0.1) is 6.42 Å². The first-order valence-electron chi connectivity index (χ1n) is 8.03. The van der Waals surface area contributed by atoms with E-state index in [9.17, 15) is 17.6 Å². The highest BCUT2D eigenvalue weighted by Gasteiger charge is 2.26. The zero-order chi connectivity index (χ0) is 20.6. The normalized spacial score (nSPS) is 11.2. The van der Waals surface area contributed by atoms with Crippen molar-refractivity contribution in [1.29, 1.82) is 0 Å². The zero-order valence-electron chi connectivity index (χ0n) is 15.3. The molecule has 3 rings (SSSR count). The summed E-state index contributed by atoms with van der Waals surface area (Å²) >= 11 is 0. The van der Waals surface area contributed by atoms with Crippen molar-refractivity contribution in [2.24, 2.45) is 0 Å². The Bertz CT molecular complexity index is 1220. The fraction of sp³-hybridized carbons (Fsp3) is 0.158. The summed E-state index contributed by atoms with van der Waals surface area (Å²) in [7, 11) is -0.857. The average Bonchev–Trinajstić information content (AvgIpc) is 3.03. The summed E-state index contributed by atoms with van der Waals surface area (Å²) in [6.45, 7) is 0. The van der Waals surface area contributed by atoms with E-state index in [2.05, 4.69) is 16.2 Å². The molecule has 144 valence electrons. The first-order chi connectivity index (χ1) is 13.2. The van der Waals surface area contributed by atoms with Gasteiger partial charge in [-0.1, -0.05) is 5.92 Å². The van der Waals surface area contributed by atoms with Gasteiger partial charge in [0.1, 0.15) is 11.6 Å². The second-order valence-corrected chi connectivity index (χ2v) is 7.99. The third kappa shape index (κ3) is 3.30. The number of benzene rings is 1. The lowest BCUT2D eigenvalue weighted by Gasteiger charge is -2.16. The Labute approximate surface area is 161 Å². The van der Waals surface area contributed by atoms with Crippen LogP contribution in [-0.2, 0) is 10.0 Å². The Balaban J connectivity index is 2.36. The molecule has 2 heterocycles. The van der Waals surface area contributed by atoms with Crippen LogP contribution in [0.4, 0.5) is 10.2 Å². The van der Waals surface area contributed by atoms with Crippen molar-refractivity contribution in [3.63, 3.8) is 0 Å². The van der Waals surface area contributed by atoms with Crippen LogP contribution in [-0.4, -0.2) is 39.7 Å². The third-order valence-corrected chi connectivity index (χ3v) is 5.34. The first-order valence-corrected chi connectivity index (χ1v) is 9.88. The molecular weight excluding hydrogens is 385 g/mol. The summed E-state index contributed by atoms with van der Waals surface area (Å²) in [5.41, 5.74) is 0.833. The minimum absolute atomic E-state index is 0.000336. The third-order valence-electron chi connectivity index (χ3n) is 4.17. The van der Waals surface area contributed by atoms with Gasteiger partial charge in [0.2, 0.25) is 15.7 Å². The Morgan fingerprint density at radius 2 is 1.96 bits per heavy atom. The van der Waals surface area contributed by atoms with E-state index in [1.165, 1.54) is 44.4 Å². The number of terminal acetylenes is 1. The number of carbonyl (C=O) groups is 1. The summed E-state index contributed by atoms with van der Waals surface area (Å²) < 4.78 is 43.8. The standard InChI is InChI=1S/C19H16FN3O4S/c1-5-11-10-14-15(18(24)21-2)16(12-6-8-13(20)9-7-12)27-19(14)22-17(11)23(3)28(4,25)26/h1,6-10H,2-4H3,(H,21,24). The lowest BCUT2D eigenvalue weighted by molar-refractivity contribution is 0.0964. The number of hydrogen-bond donors (Lipinski definition) is 1. The van der Waals surface area contributed by atoms with Gasteiger partial charge in [-0.2, -0.15) is 4.98 Å². The molecule has 0 aliphatic heterocycles. The van der Waals surface area contributed by atoms with Crippen LogP contribution in [0.25, 0.3) is 22.4 Å². The molecule has 0 aliphatic carbocycles. The van der Waals surface area contributed by atoms with Gasteiger partial charge in [0.25, 0.3) is 5.91 Å². The van der Waals surface area contributed by atoms with Crippen molar-refractivity contribution >= 4 is 32.8 Å². The van der Waals surface area contributed by atoms with Crippen LogP contribution in [0, 0.1) is 18.2 Å². The molecule has 0 spiro atoms. The number of hydrogen-bond acceptors (Lipinski definition) is 5. The van der Waals surface area contributed by atoms with E-state index in [4.69, 9.17) is 10.8 Å². The fourth-order valence-corrected chi connectivity index (χ4v) is 3.13. The van der Waals surface area contributed by atoms with E-state index in [1.807, 2.05) is 0 Å². The molecule has 0 atom stereocenters. The van der Waals surface area contributed by atoms with Gasteiger partial charge in [0, 0.05) is 19.7 Å². The van der Waals surface area contributed by atoms with E-state index < -0.39 is 21.7 Å². The number of amides is 1. The molecule has 1 aromatic carbocycles. The van der Waals surface area contributed by atoms with Crippen molar-refractivity contribution < 1.29 is 22.0 Å². The van der Waals surface area contributed by atoms with Gasteiger partial charge < -0.3 is 9.73 Å². The summed E-state index contributed by atoms with van der Waals surface area (Å²) in [6, 6.07) is 6.87. The number of furan rings is 1. The number of aromatic nitrogens is 1. The minimum atomic E-state index is -3.63. The topological polar surface area (TPSA) is 92.5 Å². The smallest absolute Gasteiger partial charge is 0.255 e. The van der Waals surface area contributed by atoms with Gasteiger partial charge in [0.05, 0.1) is 22.8 Å². The van der Waals surface area contributed by atoms with E-state index in [1.54, 1.807) is 0 Å². The molecule has 9 heteroatoms. The maximum atomic E-state index is 13.3. The minimum Gasteiger partial charge on any atom is -0.437 e. The maximum absolute atomic E-state index is 13.3. The van der Waals surface area contributed by atoms with E-state index in [0.29, 0.717) is 10.9 Å². The summed E-state index contributed by atoms with van der Waals surface area (Å²) in [5, 5.41) is 2.84. The number of sulfonamides is 1. The number of rotatable bonds is 4. The van der Waals surface area contributed by atoms with Crippen molar-refractivity contribution in [1.82, 2.24) is 10.3 Å². The van der Waals surface area contributed by atoms with Crippen LogP contribution in [0.15, 0.2) is 34.7 Å². The molecule has 1 amide bonds. The first kappa shape index (κ1) is 19.4. The number of fused-ring (bicyclic) bond motifs is 1. The predicted octanol–water partition coefficient (Wildman–Crippen LogP) is 2.37. The van der Waals surface area contributed by atoms with Crippen LogP contribution in [0.3, 0.4) is 0 Å². The molecule has 0 bridgehead atoms. The zero-order valence-corrected chi connectivity index (χ0v) is 16.1. The molecule has 3 aromatic rings. The van der Waals surface area contributed by atoms with Crippen LogP contribution < -0.4 is 9.62 Å². The van der Waals surface area contributed by atoms with Crippen molar-refractivity contribution in [3.05, 3.63) is 47.3 Å². The molecule has 1 N–H and O–H groups in total. The van der Waals surface area contributed by atoms with Gasteiger partial charge in [-0.25, -0.2) is 12.8 Å². The average molecular weight is 401 g/mol. The molecule has 2 aromatic heterocycles. The molecule has 0 aliphatic rings. The highest BCUT2D eigenvalue weighted by molar-refractivity contribution is 7.92. The molecule has 7 nitrogen and oxygen atoms in total. The second kappa shape index (κ2) is 6.98. The molecule has 28 heavy (non-hydrogen) atoms. The van der Waals surface area contributed by atoms with Crippen molar-refractivity contribution in [2.75, 3.05) is 24.7 Å². The van der Waals surface area contributed by atoms with Crippen molar-refractivity contribution in [2.45, 2.75) is 0 Å². The monoisotopic (exact) mass is 401 g/mol. The largest absolute Gasteiger partial charge is 0.437 e. The fourth-order valence-electron chi connectivity index (χ4n) is 2.67. The molecule has 0 fully saturated rings. The summed E-state index contributed by atoms with van der Waals surface area (Å²) in [6.07, 6.45) is 6.55. The lowest BCUT2D eigenvalue weighted by atomic mass is 10.0. The molecule has 0 saturated carbocycles. The van der Waals surface area contributed by atoms with Gasteiger partial charge in [-0.3, -0.25) is 9.10 Å². The molecule has 0 saturated heterocycles. The molecule has 0 unspecified atom stereocenters. The van der Waals surface area contributed by atoms with Crippen LogP contribution in [0.2, 0.25) is 0 Å². The van der Waals surface area contributed by atoms with Gasteiger partial charge in [-0.05, 0) is 30.3 Å². The maximum Gasteiger partial charge on any atom is 0.255 e. The SMILES string of the molecule is C#Cc1cc2c(C(=O)NC)c(-c3ccc(F)cc3)oc2nc1N(C)S(C)(=O)=O. The summed E-state index contributed by atoms with van der Waals surface area (Å²) in [5.74, 6) is 1.67. The quantitative estimate of drug-likeness (QED) is 0.678. The Kier molecular flexibility index (Phi) is 4.83. The van der Waals surface area contributed by atoms with E-state index >= 15 is 0 Å². The number of carbonyl (C=O) groups excluding carboxylic acids is 1. The van der Waals surface area contributed by atoms with Gasteiger partial charge >= 0.3 is 0 Å². The van der Waals surface area contributed by atoms with Crippen molar-refractivity contribution in [3.8, 4) is 23.7 Å². The number of halogens is 1. The van der Waals surface area contributed by atoms with Gasteiger partial charge in [0.15, 0.2) is 5.82 Å². The second-order valence-electron chi connectivity index (χ2n) is 5.98. The Morgan fingerprint density at radius 1 is 1.32 bits per heavy atom. The highest BCUT2D eigenvalue weighted by atomic mass is 32.2. The number of nitrogens with one attached hydrogen (secondary N) is 1. The number of nitrogens with zero attached hydrogens (tertiary/aromatic N) is 2.